The van der Waals surface area contributed by atoms with Crippen molar-refractivity contribution in [2.45, 2.75) is 24.2 Å². The van der Waals surface area contributed by atoms with E-state index in [0.29, 0.717) is 21.2 Å². The monoisotopic (exact) mass is 727 g/mol. The van der Waals surface area contributed by atoms with E-state index in [1.54, 1.807) is 42.5 Å². The Balaban J connectivity index is 1.36. The summed E-state index contributed by atoms with van der Waals surface area (Å²) in [6, 6.07) is 28.9. The Bertz CT molecular complexity index is 2190. The van der Waals surface area contributed by atoms with Crippen molar-refractivity contribution in [3.05, 3.63) is 148 Å². The third-order valence-electron chi connectivity index (χ3n) is 11.0. The van der Waals surface area contributed by atoms with Gasteiger partial charge in [0.25, 0.3) is 0 Å². The molecule has 3 aliphatic carbocycles. The number of benzene rings is 4. The topological polar surface area (TPSA) is 129 Å². The number of anilines is 1. The summed E-state index contributed by atoms with van der Waals surface area (Å²) in [6.45, 7) is 0. The molecule has 0 bridgehead atoms. The van der Waals surface area contributed by atoms with Crippen LogP contribution in [0, 0.1) is 23.7 Å². The van der Waals surface area contributed by atoms with Crippen LogP contribution in [-0.2, 0) is 24.6 Å². The molecule has 0 radical (unpaired) electrons. The van der Waals surface area contributed by atoms with Crippen LogP contribution in [-0.4, -0.2) is 39.6 Å². The highest BCUT2D eigenvalue weighted by atomic mass is 79.9. The highest BCUT2D eigenvalue weighted by molar-refractivity contribution is 9.10. The number of phenolic OH excluding ortho intramolecular Hbond substituents is 1. The van der Waals surface area contributed by atoms with Crippen molar-refractivity contribution in [1.82, 2.24) is 0 Å². The average Bonchev–Trinajstić information content (AvgIpc) is 3.39. The minimum absolute atomic E-state index is 0.0566. The number of hydrogen-bond donors (Lipinski definition) is 2. The van der Waals surface area contributed by atoms with E-state index >= 15 is 4.79 Å². The fraction of sp³-hybridized carbons (Fsp3) is 0.195. The summed E-state index contributed by atoms with van der Waals surface area (Å²) in [5.74, 6) is -6.73. The second kappa shape index (κ2) is 11.9. The number of carboxylic acids is 1. The number of imide groups is 1. The van der Waals surface area contributed by atoms with Crippen LogP contribution < -0.4 is 4.90 Å². The number of aromatic carboxylic acids is 1. The first-order valence-corrected chi connectivity index (χ1v) is 17.2. The Hall–Kier alpha value is -5.41. The minimum Gasteiger partial charge on any atom is -0.508 e. The molecule has 1 aliphatic heterocycles. The zero-order chi connectivity index (χ0) is 34.9. The van der Waals surface area contributed by atoms with Crippen molar-refractivity contribution >= 4 is 56.5 Å². The van der Waals surface area contributed by atoms with Crippen LogP contribution in [0.5, 0.6) is 5.75 Å². The van der Waals surface area contributed by atoms with Crippen molar-refractivity contribution in [2.75, 3.05) is 4.90 Å². The fourth-order valence-electron chi connectivity index (χ4n) is 9.01. The number of phenols is 1. The van der Waals surface area contributed by atoms with E-state index < -0.39 is 52.8 Å². The maximum Gasteiger partial charge on any atom is 0.335 e. The Morgan fingerprint density at radius 1 is 0.820 bits per heavy atom. The van der Waals surface area contributed by atoms with Gasteiger partial charge in [0, 0.05) is 27.4 Å². The van der Waals surface area contributed by atoms with Gasteiger partial charge >= 0.3 is 5.97 Å². The number of hydrogen-bond acceptors (Lipinski definition) is 6. The molecule has 8 rings (SSSR count). The maximum absolute atomic E-state index is 15.1. The molecule has 0 aromatic heterocycles. The molecule has 50 heavy (non-hydrogen) atoms. The molecular formula is C41H30BrNO7. The fourth-order valence-corrected chi connectivity index (χ4v) is 9.39. The van der Waals surface area contributed by atoms with E-state index in [4.69, 9.17) is 0 Å². The SMILES string of the molecule is O=C(O)c1cccc(N2C(=O)[C@H]3[C@H](CC=C4[C@H]3C[C@H]3C(=O)C(c5ccccc5)=CC(=O)[C@@]3(c3ccccc3)[C@H]4c3cc(Br)ccc3O)C2=O)c1. The quantitative estimate of drug-likeness (QED) is 0.169. The number of carbonyl (C=O) groups is 5. The van der Waals surface area contributed by atoms with Gasteiger partial charge in [-0.2, -0.15) is 0 Å². The van der Waals surface area contributed by atoms with E-state index in [1.165, 1.54) is 30.3 Å². The average molecular weight is 729 g/mol. The number of carbonyl (C=O) groups excluding carboxylic acids is 4. The number of nitrogens with zero attached hydrogens (tertiary/aromatic N) is 1. The third kappa shape index (κ3) is 4.60. The molecule has 0 spiro atoms. The third-order valence-corrected chi connectivity index (χ3v) is 11.5. The van der Waals surface area contributed by atoms with E-state index in [1.807, 2.05) is 42.5 Å². The van der Waals surface area contributed by atoms with Crippen LogP contribution in [0.2, 0.25) is 0 Å². The summed E-state index contributed by atoms with van der Waals surface area (Å²) in [7, 11) is 0. The second-order valence-electron chi connectivity index (χ2n) is 13.4. The molecule has 2 amide bonds. The molecule has 6 atom stereocenters. The zero-order valence-corrected chi connectivity index (χ0v) is 28.1. The van der Waals surface area contributed by atoms with Crippen LogP contribution >= 0.6 is 15.9 Å². The number of rotatable bonds is 5. The molecule has 4 aromatic rings. The van der Waals surface area contributed by atoms with Crippen molar-refractivity contribution in [2.24, 2.45) is 23.7 Å². The van der Waals surface area contributed by atoms with Crippen LogP contribution in [0.1, 0.15) is 45.8 Å². The van der Waals surface area contributed by atoms with Gasteiger partial charge in [-0.15, -0.1) is 0 Å². The van der Waals surface area contributed by atoms with Crippen LogP contribution in [0.3, 0.4) is 0 Å². The normalized spacial score (nSPS) is 27.2. The highest BCUT2D eigenvalue weighted by Crippen LogP contribution is 2.64. The number of halogens is 1. The second-order valence-corrected chi connectivity index (χ2v) is 14.3. The molecule has 0 unspecified atom stereocenters. The van der Waals surface area contributed by atoms with Gasteiger partial charge in [0.15, 0.2) is 11.6 Å². The predicted molar refractivity (Wildman–Crippen MR) is 188 cm³/mol. The molecule has 248 valence electrons. The van der Waals surface area contributed by atoms with E-state index in [9.17, 15) is 29.4 Å². The maximum atomic E-state index is 15.1. The number of amides is 2. The molecule has 4 aromatic carbocycles. The number of carboxylic acid groups (broad SMARTS) is 1. The summed E-state index contributed by atoms with van der Waals surface area (Å²) >= 11 is 3.55. The van der Waals surface area contributed by atoms with Crippen molar-refractivity contribution in [3.8, 4) is 5.75 Å². The van der Waals surface area contributed by atoms with Crippen molar-refractivity contribution in [3.63, 3.8) is 0 Å². The van der Waals surface area contributed by atoms with Gasteiger partial charge < -0.3 is 10.2 Å². The van der Waals surface area contributed by atoms with Crippen molar-refractivity contribution < 1.29 is 34.2 Å². The minimum atomic E-state index is -1.47. The summed E-state index contributed by atoms with van der Waals surface area (Å²) in [5.41, 5.74) is 1.31. The number of ketones is 2. The molecule has 1 saturated carbocycles. The largest absolute Gasteiger partial charge is 0.508 e. The number of aromatic hydroxyl groups is 1. The van der Waals surface area contributed by atoms with Gasteiger partial charge in [-0.1, -0.05) is 94.3 Å². The van der Waals surface area contributed by atoms with Crippen LogP contribution in [0.15, 0.2) is 125 Å². The first kappa shape index (κ1) is 31.8. The molecule has 1 saturated heterocycles. The van der Waals surface area contributed by atoms with Gasteiger partial charge in [0.05, 0.1) is 28.5 Å². The van der Waals surface area contributed by atoms with Gasteiger partial charge in [-0.05, 0) is 72.4 Å². The number of allylic oxidation sites excluding steroid dienone is 4. The molecule has 4 aliphatic rings. The summed E-state index contributed by atoms with van der Waals surface area (Å²) in [6.07, 6.45) is 3.68. The zero-order valence-electron chi connectivity index (χ0n) is 26.5. The molecule has 2 N–H and O–H groups in total. The molecule has 1 heterocycles. The van der Waals surface area contributed by atoms with E-state index in [-0.39, 0.29) is 47.0 Å². The highest BCUT2D eigenvalue weighted by Gasteiger charge is 2.66. The lowest BCUT2D eigenvalue weighted by Gasteiger charge is -2.55. The summed E-state index contributed by atoms with van der Waals surface area (Å²) in [5, 5.41) is 21.1. The Morgan fingerprint density at radius 3 is 2.26 bits per heavy atom. The molecule has 2 fully saturated rings. The van der Waals surface area contributed by atoms with E-state index in [2.05, 4.69) is 15.9 Å². The lowest BCUT2D eigenvalue weighted by molar-refractivity contribution is -0.135. The van der Waals surface area contributed by atoms with Gasteiger partial charge in [-0.25, -0.2) is 4.79 Å². The van der Waals surface area contributed by atoms with Gasteiger partial charge in [0.2, 0.25) is 11.8 Å². The molecule has 8 nitrogen and oxygen atoms in total. The standard InChI is InChI=1S/C41H30BrNO7/c42-25-14-17-33(44)31(19-25)36-27-15-16-28-35(39(48)43(38(28)47)26-13-7-10-23(18-26)40(49)50)30(27)20-32-37(46)29(22-8-3-1-4-9-22)21-34(45)41(32,36)24-11-5-2-6-12-24/h1-15,17-19,21,28,30,32,35-36,44H,16,20H2,(H,49,50)/t28-,30+,32-,35-,36+,41-/m0/s1. The van der Waals surface area contributed by atoms with Crippen LogP contribution in [0.4, 0.5) is 5.69 Å². The predicted octanol–water partition coefficient (Wildman–Crippen LogP) is 6.88. The lowest BCUT2D eigenvalue weighted by atomic mass is 9.44. The van der Waals surface area contributed by atoms with Crippen LogP contribution in [0.25, 0.3) is 5.57 Å². The smallest absolute Gasteiger partial charge is 0.335 e. The Labute approximate surface area is 295 Å². The summed E-state index contributed by atoms with van der Waals surface area (Å²) < 4.78 is 0.660. The Kier molecular flexibility index (Phi) is 7.56. The van der Waals surface area contributed by atoms with Crippen molar-refractivity contribution in [1.29, 1.82) is 0 Å². The number of Topliss-reactive ketones (excluding diaryl/α,β-unsaturated/α-hetero) is 1. The number of fused-ring (bicyclic) bond motifs is 4. The summed E-state index contributed by atoms with van der Waals surface area (Å²) in [4.78, 5) is 71.4. The van der Waals surface area contributed by atoms with Gasteiger partial charge in [0.1, 0.15) is 5.75 Å². The Morgan fingerprint density at radius 2 is 1.54 bits per heavy atom. The molecule has 9 heteroatoms. The lowest BCUT2D eigenvalue weighted by Crippen LogP contribution is -2.58. The molecular weight excluding hydrogens is 698 g/mol. The van der Waals surface area contributed by atoms with Gasteiger partial charge in [-0.3, -0.25) is 24.1 Å². The first-order chi connectivity index (χ1) is 24.1. The first-order valence-electron chi connectivity index (χ1n) is 16.4. The van der Waals surface area contributed by atoms with E-state index in [0.717, 1.165) is 10.5 Å².